The highest BCUT2D eigenvalue weighted by Crippen LogP contribution is 2.33. The molecule has 0 fully saturated rings. The van der Waals surface area contributed by atoms with Crippen LogP contribution in [0, 0.1) is 13.8 Å². The van der Waals surface area contributed by atoms with Gasteiger partial charge in [0.1, 0.15) is 28.8 Å². The highest BCUT2D eigenvalue weighted by molar-refractivity contribution is 5.96. The molecular weight excluding hydrogens is 332 g/mol. The van der Waals surface area contributed by atoms with Gasteiger partial charge in [-0.05, 0) is 36.9 Å². The van der Waals surface area contributed by atoms with Crippen LogP contribution >= 0.6 is 0 Å². The molecule has 0 saturated heterocycles. The van der Waals surface area contributed by atoms with Crippen molar-refractivity contribution in [3.63, 3.8) is 0 Å². The molecule has 3 N–H and O–H groups in total. The molecule has 0 aromatic heterocycles. The van der Waals surface area contributed by atoms with Crippen LogP contribution in [0.4, 0.5) is 0 Å². The van der Waals surface area contributed by atoms with Gasteiger partial charge in [-0.15, -0.1) is 0 Å². The van der Waals surface area contributed by atoms with E-state index in [4.69, 9.17) is 4.42 Å². The number of phenolic OH excluding ortho intramolecular Hbond substituents is 2. The number of rotatable bonds is 1. The zero-order valence-corrected chi connectivity index (χ0v) is 14.2. The van der Waals surface area contributed by atoms with Gasteiger partial charge in [-0.2, -0.15) is 0 Å². The minimum atomic E-state index is -0.413. The van der Waals surface area contributed by atoms with Crippen LogP contribution in [-0.2, 0) is 0 Å². The molecule has 0 spiro atoms. The van der Waals surface area contributed by atoms with Crippen LogP contribution in [0.3, 0.4) is 0 Å². The minimum absolute atomic E-state index is 0.0891. The third-order valence-electron chi connectivity index (χ3n) is 4.52. The Morgan fingerprint density at radius 1 is 1.04 bits per heavy atom. The molecule has 0 saturated carbocycles. The summed E-state index contributed by atoms with van der Waals surface area (Å²) in [5.74, 6) is 0.373. The van der Waals surface area contributed by atoms with E-state index in [1.165, 1.54) is 12.1 Å². The van der Waals surface area contributed by atoms with Crippen LogP contribution in [-0.4, -0.2) is 15.3 Å². The number of aliphatic hydroxyl groups excluding tert-OH is 1. The Morgan fingerprint density at radius 2 is 1.81 bits per heavy atom. The molecule has 0 radical (unpaired) electrons. The SMILES string of the molecule is Cc1cc2cccc3c2-c(cc(=O)c3=C(O)c2c(C)cc(O)cc2O)o1. The van der Waals surface area contributed by atoms with Crippen molar-refractivity contribution in [1.29, 1.82) is 0 Å². The maximum atomic E-state index is 12.7. The number of benzene rings is 3. The largest absolute Gasteiger partial charge is 0.508 e. The topological polar surface area (TPSA) is 90.9 Å². The Bertz CT molecular complexity index is 1230. The molecule has 0 amide bonds. The van der Waals surface area contributed by atoms with Gasteiger partial charge in [0.25, 0.3) is 0 Å². The molecule has 5 heteroatoms. The molecule has 130 valence electrons. The lowest BCUT2D eigenvalue weighted by Crippen LogP contribution is -2.28. The van der Waals surface area contributed by atoms with Crippen LogP contribution in [0.5, 0.6) is 11.5 Å². The van der Waals surface area contributed by atoms with Crippen LogP contribution in [0.25, 0.3) is 27.9 Å². The van der Waals surface area contributed by atoms with Gasteiger partial charge in [0.2, 0.25) is 0 Å². The van der Waals surface area contributed by atoms with Gasteiger partial charge in [0.05, 0.1) is 10.8 Å². The predicted molar refractivity (Wildman–Crippen MR) is 98.7 cm³/mol. The fourth-order valence-electron chi connectivity index (χ4n) is 3.50. The van der Waals surface area contributed by atoms with Crippen molar-refractivity contribution in [2.24, 2.45) is 0 Å². The van der Waals surface area contributed by atoms with Crippen LogP contribution < -0.4 is 10.6 Å². The lowest BCUT2D eigenvalue weighted by atomic mass is 9.95. The van der Waals surface area contributed by atoms with Crippen molar-refractivity contribution in [1.82, 2.24) is 0 Å². The highest BCUT2D eigenvalue weighted by Gasteiger charge is 2.19. The molecule has 0 bridgehead atoms. The number of phenols is 2. The molecule has 2 aliphatic rings. The Kier molecular flexibility index (Phi) is 3.40. The number of hydrogen-bond acceptors (Lipinski definition) is 5. The number of aryl methyl sites for hydroxylation is 2. The maximum Gasteiger partial charge on any atom is 0.193 e. The van der Waals surface area contributed by atoms with Crippen molar-refractivity contribution in [2.45, 2.75) is 13.8 Å². The van der Waals surface area contributed by atoms with E-state index in [-0.39, 0.29) is 28.0 Å². The lowest BCUT2D eigenvalue weighted by Gasteiger charge is -2.13. The fourth-order valence-corrected chi connectivity index (χ4v) is 3.50. The zero-order chi connectivity index (χ0) is 18.6. The average molecular weight is 348 g/mol. The summed E-state index contributed by atoms with van der Waals surface area (Å²) in [6, 6.07) is 11.2. The smallest absolute Gasteiger partial charge is 0.193 e. The molecule has 0 atom stereocenters. The van der Waals surface area contributed by atoms with Gasteiger partial charge in [-0.3, -0.25) is 4.79 Å². The second kappa shape index (κ2) is 5.52. The van der Waals surface area contributed by atoms with Crippen molar-refractivity contribution in [3.8, 4) is 22.8 Å². The van der Waals surface area contributed by atoms with E-state index in [0.29, 0.717) is 22.5 Å². The summed E-state index contributed by atoms with van der Waals surface area (Å²) in [5, 5.41) is 32.2. The second-order valence-electron chi connectivity index (χ2n) is 6.38. The average Bonchev–Trinajstić information content (AvgIpc) is 2.53. The number of aromatic hydroxyl groups is 2. The normalized spacial score (nSPS) is 12.7. The first-order chi connectivity index (χ1) is 12.4. The van der Waals surface area contributed by atoms with E-state index in [9.17, 15) is 20.1 Å². The summed E-state index contributed by atoms with van der Waals surface area (Å²) in [6.45, 7) is 3.44. The van der Waals surface area contributed by atoms with Crippen molar-refractivity contribution in [2.75, 3.05) is 0 Å². The van der Waals surface area contributed by atoms with E-state index in [1.54, 1.807) is 19.1 Å². The molecule has 26 heavy (non-hydrogen) atoms. The summed E-state index contributed by atoms with van der Waals surface area (Å²) >= 11 is 0. The molecular formula is C21H16O5. The molecule has 1 aliphatic carbocycles. The van der Waals surface area contributed by atoms with E-state index < -0.39 is 5.43 Å². The van der Waals surface area contributed by atoms with E-state index in [1.807, 2.05) is 19.1 Å². The third kappa shape index (κ3) is 2.29. The van der Waals surface area contributed by atoms with Gasteiger partial charge in [-0.25, -0.2) is 0 Å². The van der Waals surface area contributed by atoms with Gasteiger partial charge in [0, 0.05) is 23.1 Å². The van der Waals surface area contributed by atoms with Gasteiger partial charge >= 0.3 is 0 Å². The Morgan fingerprint density at radius 3 is 2.54 bits per heavy atom. The van der Waals surface area contributed by atoms with Crippen LogP contribution in [0.1, 0.15) is 16.9 Å². The second-order valence-corrected chi connectivity index (χ2v) is 6.38. The summed E-state index contributed by atoms with van der Waals surface area (Å²) < 4.78 is 5.68. The molecule has 2 aromatic carbocycles. The lowest BCUT2D eigenvalue weighted by molar-refractivity contribution is 0.441. The van der Waals surface area contributed by atoms with Gasteiger partial charge in [-0.1, -0.05) is 18.2 Å². The summed E-state index contributed by atoms with van der Waals surface area (Å²) in [6.07, 6.45) is 0. The van der Waals surface area contributed by atoms with Crippen LogP contribution in [0.15, 0.2) is 51.7 Å². The number of aliphatic hydroxyl groups is 1. The molecule has 1 aliphatic heterocycles. The Labute approximate surface area is 148 Å². The molecule has 2 aromatic rings. The zero-order valence-electron chi connectivity index (χ0n) is 14.2. The first kappa shape index (κ1) is 16.0. The molecule has 5 nitrogen and oxygen atoms in total. The van der Waals surface area contributed by atoms with Gasteiger partial charge < -0.3 is 19.7 Å². The summed E-state index contributed by atoms with van der Waals surface area (Å²) in [7, 11) is 0. The van der Waals surface area contributed by atoms with Crippen molar-refractivity contribution >= 4 is 16.5 Å². The minimum Gasteiger partial charge on any atom is -0.508 e. The molecule has 1 heterocycles. The molecule has 0 unspecified atom stereocenters. The Balaban J connectivity index is 2.24. The monoisotopic (exact) mass is 348 g/mol. The maximum absolute atomic E-state index is 12.7. The highest BCUT2D eigenvalue weighted by atomic mass is 16.3. The van der Waals surface area contributed by atoms with Gasteiger partial charge in [0.15, 0.2) is 5.43 Å². The van der Waals surface area contributed by atoms with E-state index >= 15 is 0 Å². The predicted octanol–water partition coefficient (Wildman–Crippen LogP) is 3.36. The van der Waals surface area contributed by atoms with Crippen LogP contribution in [0.2, 0.25) is 0 Å². The quantitative estimate of drug-likeness (QED) is 0.491. The summed E-state index contributed by atoms with van der Waals surface area (Å²) in [5.41, 5.74) is 0.884. The third-order valence-corrected chi connectivity index (χ3v) is 4.52. The Hall–Kier alpha value is -3.47. The number of hydrogen-bond donors (Lipinski definition) is 3. The standard InChI is InChI=1S/C21H16O5/c1-10-6-13(22)8-15(23)18(10)21(25)20-14-5-3-4-12-7-11(2)26-17(19(12)14)9-16(20)24/h3-9,22-23,25H,1-2H3. The van der Waals surface area contributed by atoms with E-state index in [2.05, 4.69) is 0 Å². The van der Waals surface area contributed by atoms with Crippen molar-refractivity contribution in [3.05, 3.63) is 74.8 Å². The first-order valence-electron chi connectivity index (χ1n) is 8.09. The first-order valence-corrected chi connectivity index (χ1v) is 8.09. The summed E-state index contributed by atoms with van der Waals surface area (Å²) in [4.78, 5) is 12.7. The van der Waals surface area contributed by atoms with E-state index in [0.717, 1.165) is 17.0 Å². The molecule has 4 rings (SSSR count). The fraction of sp³-hybridized carbons (Fsp3) is 0.0952. The van der Waals surface area contributed by atoms with Crippen molar-refractivity contribution < 1.29 is 19.7 Å².